The third kappa shape index (κ3) is 6.85. The molecule has 0 bridgehead atoms. The first-order valence-electron chi connectivity index (χ1n) is 10.8. The van der Waals surface area contributed by atoms with E-state index in [1.807, 2.05) is 12.1 Å². The molecule has 2 aliphatic rings. The molecule has 0 spiro atoms. The van der Waals surface area contributed by atoms with Gasteiger partial charge in [-0.3, -0.25) is 0 Å². The van der Waals surface area contributed by atoms with Crippen LogP contribution in [0.4, 0.5) is 30.2 Å². The summed E-state index contributed by atoms with van der Waals surface area (Å²) < 4.78 is 63.2. The van der Waals surface area contributed by atoms with Gasteiger partial charge in [0.05, 0.1) is 13.2 Å². The lowest BCUT2D eigenvalue weighted by atomic mass is 10.2. The van der Waals surface area contributed by atoms with Gasteiger partial charge in [-0.05, 0) is 90.3 Å². The lowest BCUT2D eigenvalue weighted by Gasteiger charge is -2.29. The largest absolute Gasteiger partial charge is 0.420 e. The molecule has 1 fully saturated rings. The molecule has 2 aromatic carbocycles. The normalized spacial score (nSPS) is 16.9. The Labute approximate surface area is 212 Å². The molecule has 0 aliphatic carbocycles. The van der Waals surface area contributed by atoms with E-state index in [1.165, 1.54) is 4.08 Å². The van der Waals surface area contributed by atoms with Gasteiger partial charge >= 0.3 is 6.18 Å². The van der Waals surface area contributed by atoms with Crippen LogP contribution in [0, 0.1) is 0 Å². The number of hydrogen-bond acceptors (Lipinski definition) is 6. The standard InChI is InChI=1S/C24H25F3IN4O2P/c1-35(2,33)20-9-5-17(6-10-20)29-22-16-28-15-21(24(25,26)27)23(31-22)30-18-3-7-19(8-4-18)32-11-13-34-14-12-32/h3-10,15,29H,11-14H2,1-2H3,(H,30,31). The van der Waals surface area contributed by atoms with E-state index in [4.69, 9.17) is 4.74 Å². The number of aliphatic imine (C=N–C) groups is 1. The summed E-state index contributed by atoms with van der Waals surface area (Å²) in [6, 6.07) is 14.2. The number of nitrogens with one attached hydrogen (secondary N) is 2. The Kier molecular flexibility index (Phi) is 7.86. The topological polar surface area (TPSA) is 66.0 Å². The summed E-state index contributed by atoms with van der Waals surface area (Å²) >= 11 is -1.15. The van der Waals surface area contributed by atoms with Gasteiger partial charge in [0.2, 0.25) is 0 Å². The summed E-state index contributed by atoms with van der Waals surface area (Å²) in [5, 5.41) is 6.61. The highest BCUT2D eigenvalue weighted by Crippen LogP contribution is 2.35. The van der Waals surface area contributed by atoms with Gasteiger partial charge in [-0.2, -0.15) is 13.2 Å². The first kappa shape index (κ1) is 25.7. The summed E-state index contributed by atoms with van der Waals surface area (Å²) in [5.41, 5.74) is 1.31. The molecule has 0 atom stereocenters. The van der Waals surface area contributed by atoms with Crippen molar-refractivity contribution in [3.05, 3.63) is 64.0 Å². The van der Waals surface area contributed by atoms with Crippen LogP contribution >= 0.6 is 27.9 Å². The van der Waals surface area contributed by atoms with Crippen molar-refractivity contribution >= 4 is 59.7 Å². The third-order valence-electron chi connectivity index (χ3n) is 5.35. The number of morpholine rings is 1. The van der Waals surface area contributed by atoms with Gasteiger partial charge in [0.15, 0.2) is 5.82 Å². The molecule has 2 heterocycles. The van der Waals surface area contributed by atoms with Crippen LogP contribution in [0.15, 0.2) is 69.0 Å². The van der Waals surface area contributed by atoms with Crippen LogP contribution in [0.25, 0.3) is 0 Å². The molecular weight excluding hydrogens is 591 g/mol. The van der Waals surface area contributed by atoms with Crippen molar-refractivity contribution in [3.63, 3.8) is 0 Å². The van der Waals surface area contributed by atoms with E-state index in [1.54, 1.807) is 49.7 Å². The molecule has 2 N–H and O–H groups in total. The average Bonchev–Trinajstić information content (AvgIpc) is 3.02. The molecule has 6 nitrogen and oxygen atoms in total. The molecule has 0 radical (unpaired) electrons. The van der Waals surface area contributed by atoms with Crippen molar-refractivity contribution in [1.29, 1.82) is 0 Å². The SMILES string of the molecule is CP(C)(=O)c1ccc(NC2=C=IC=C(C(F)(F)F)C(Nc3ccc(N4CCOCC4)cc3)=N2)cc1. The summed E-state index contributed by atoms with van der Waals surface area (Å²) in [6.45, 7) is 6.21. The molecule has 0 aromatic heterocycles. The van der Waals surface area contributed by atoms with Gasteiger partial charge < -0.3 is 24.8 Å². The maximum Gasteiger partial charge on any atom is 0.420 e. The van der Waals surface area contributed by atoms with E-state index in [2.05, 4.69) is 24.2 Å². The molecular formula is C24H25F3IN4O2P. The monoisotopic (exact) mass is 616 g/mol. The quantitative estimate of drug-likeness (QED) is 0.350. The number of ether oxygens (including phenoxy) is 1. The van der Waals surface area contributed by atoms with Crippen molar-refractivity contribution in [2.24, 2.45) is 4.99 Å². The Hall–Kier alpha value is -2.39. The molecule has 2 aliphatic heterocycles. The van der Waals surface area contributed by atoms with E-state index in [0.29, 0.717) is 24.6 Å². The number of alkyl halides is 3. The first-order valence-corrected chi connectivity index (χ1v) is 15.8. The summed E-state index contributed by atoms with van der Waals surface area (Å²) in [7, 11) is -2.40. The molecule has 35 heavy (non-hydrogen) atoms. The maximum absolute atomic E-state index is 13.8. The predicted octanol–water partition coefficient (Wildman–Crippen LogP) is 5.37. The number of hydrogen-bond donors (Lipinski definition) is 2. The number of nitrogens with zero attached hydrogens (tertiary/aromatic N) is 2. The second-order valence-electron chi connectivity index (χ2n) is 8.33. The van der Waals surface area contributed by atoms with Crippen LogP contribution in [0.2, 0.25) is 0 Å². The highest BCUT2D eigenvalue weighted by atomic mass is 127. The fourth-order valence-corrected chi connectivity index (χ4v) is 6.01. The highest BCUT2D eigenvalue weighted by Gasteiger charge is 2.37. The van der Waals surface area contributed by atoms with Crippen LogP contribution in [0.3, 0.4) is 0 Å². The van der Waals surface area contributed by atoms with E-state index in [9.17, 15) is 17.7 Å². The number of anilines is 3. The minimum absolute atomic E-state index is 0.213. The van der Waals surface area contributed by atoms with Gasteiger partial charge in [-0.25, -0.2) is 4.99 Å². The minimum atomic E-state index is -4.55. The first-order chi connectivity index (χ1) is 16.6. The van der Waals surface area contributed by atoms with E-state index in [0.717, 1.165) is 24.1 Å². The van der Waals surface area contributed by atoms with Crippen LogP contribution in [-0.4, -0.2) is 55.3 Å². The molecule has 0 saturated carbocycles. The Morgan fingerprint density at radius 2 is 1.60 bits per heavy atom. The zero-order valence-electron chi connectivity index (χ0n) is 19.2. The Morgan fingerprint density at radius 1 is 1.00 bits per heavy atom. The highest BCUT2D eigenvalue weighted by molar-refractivity contribution is 14.2. The second kappa shape index (κ2) is 10.7. The van der Waals surface area contributed by atoms with Crippen LogP contribution in [-0.2, 0) is 9.30 Å². The van der Waals surface area contributed by atoms with Crippen molar-refractivity contribution in [2.75, 3.05) is 55.2 Å². The van der Waals surface area contributed by atoms with E-state index in [-0.39, 0.29) is 11.7 Å². The fraction of sp³-hybridized carbons (Fsp3) is 0.292. The summed E-state index contributed by atoms with van der Waals surface area (Å²) in [6.07, 6.45) is -4.55. The predicted molar refractivity (Wildman–Crippen MR) is 146 cm³/mol. The Balaban J connectivity index is 1.56. The molecule has 11 heteroatoms. The molecule has 0 amide bonds. The van der Waals surface area contributed by atoms with E-state index < -0.39 is 39.6 Å². The van der Waals surface area contributed by atoms with Gasteiger partial charge in [-0.15, -0.1) is 0 Å². The van der Waals surface area contributed by atoms with Gasteiger partial charge in [0, 0.05) is 35.5 Å². The average molecular weight is 616 g/mol. The number of benzene rings is 2. The van der Waals surface area contributed by atoms with Crippen LogP contribution in [0.1, 0.15) is 0 Å². The molecule has 2 aromatic rings. The summed E-state index contributed by atoms with van der Waals surface area (Å²) in [5.74, 6) is -0.0725. The molecule has 0 unspecified atom stereocenters. The lowest BCUT2D eigenvalue weighted by molar-refractivity contribution is -0.0857. The van der Waals surface area contributed by atoms with Crippen molar-refractivity contribution in [2.45, 2.75) is 6.18 Å². The number of amidine groups is 1. The zero-order valence-corrected chi connectivity index (χ0v) is 22.2. The molecule has 4 rings (SSSR count). The van der Waals surface area contributed by atoms with Crippen molar-refractivity contribution < 1.29 is 22.5 Å². The fourth-order valence-electron chi connectivity index (χ4n) is 3.48. The van der Waals surface area contributed by atoms with Gasteiger partial charge in [0.25, 0.3) is 0 Å². The van der Waals surface area contributed by atoms with Gasteiger partial charge in [-0.1, -0.05) is 0 Å². The Bertz CT molecular complexity index is 1240. The smallest absolute Gasteiger partial charge is 0.378 e. The van der Waals surface area contributed by atoms with Gasteiger partial charge in [0.1, 0.15) is 18.6 Å². The van der Waals surface area contributed by atoms with Crippen molar-refractivity contribution in [1.82, 2.24) is 0 Å². The summed E-state index contributed by atoms with van der Waals surface area (Å²) in [4.78, 5) is 6.42. The second-order valence-corrected chi connectivity index (χ2v) is 13.3. The third-order valence-corrected chi connectivity index (χ3v) is 8.65. The molecule has 1 saturated heterocycles. The van der Waals surface area contributed by atoms with Crippen molar-refractivity contribution in [3.8, 4) is 0 Å². The maximum atomic E-state index is 13.8. The molecule has 186 valence electrons. The lowest BCUT2D eigenvalue weighted by Crippen LogP contribution is -2.36. The number of halogens is 4. The van der Waals surface area contributed by atoms with Crippen LogP contribution < -0.4 is 20.8 Å². The Morgan fingerprint density at radius 3 is 2.20 bits per heavy atom. The zero-order chi connectivity index (χ0) is 25.1. The van der Waals surface area contributed by atoms with Crippen LogP contribution in [0.5, 0.6) is 0 Å². The minimum Gasteiger partial charge on any atom is -0.378 e. The number of rotatable bonds is 5. The van der Waals surface area contributed by atoms with E-state index >= 15 is 0 Å².